The van der Waals surface area contributed by atoms with Gasteiger partial charge in [0.1, 0.15) is 10.6 Å². The lowest BCUT2D eigenvalue weighted by Gasteiger charge is -2.15. The number of halogens is 1. The van der Waals surface area contributed by atoms with E-state index in [-0.39, 0.29) is 21.2 Å². The van der Waals surface area contributed by atoms with Crippen molar-refractivity contribution in [3.8, 4) is 22.6 Å². The fourth-order valence-electron chi connectivity index (χ4n) is 2.80. The molecule has 9 heteroatoms. The lowest BCUT2D eigenvalue weighted by molar-refractivity contribution is 0.0600. The van der Waals surface area contributed by atoms with Crippen molar-refractivity contribution in [2.75, 3.05) is 26.1 Å². The van der Waals surface area contributed by atoms with Gasteiger partial charge >= 0.3 is 5.97 Å². The minimum atomic E-state index is -1.82. The zero-order valence-corrected chi connectivity index (χ0v) is 18.0. The van der Waals surface area contributed by atoms with Crippen LogP contribution in [0.25, 0.3) is 11.1 Å². The summed E-state index contributed by atoms with van der Waals surface area (Å²) in [5.41, 5.74) is 2.39. The predicted octanol–water partition coefficient (Wildman–Crippen LogP) is 4.34. The number of methoxy groups -OCH3 is 3. The summed E-state index contributed by atoms with van der Waals surface area (Å²) in [7, 11) is 2.35. The second-order valence-electron chi connectivity index (χ2n) is 6.01. The van der Waals surface area contributed by atoms with Gasteiger partial charge in [0.25, 0.3) is 0 Å². The van der Waals surface area contributed by atoms with Crippen molar-refractivity contribution < 1.29 is 23.2 Å². The van der Waals surface area contributed by atoms with Gasteiger partial charge in [0.05, 0.1) is 37.6 Å². The van der Waals surface area contributed by atoms with Crippen molar-refractivity contribution in [1.82, 2.24) is 4.98 Å². The molecule has 0 aliphatic carbocycles. The topological polar surface area (TPSA) is 86.8 Å². The van der Waals surface area contributed by atoms with E-state index in [1.54, 1.807) is 24.5 Å². The van der Waals surface area contributed by atoms with E-state index < -0.39 is 17.0 Å². The molecule has 2 aromatic carbocycles. The molecule has 0 bridgehead atoms. The van der Waals surface area contributed by atoms with E-state index in [4.69, 9.17) is 25.8 Å². The van der Waals surface area contributed by atoms with Gasteiger partial charge in [-0.3, -0.25) is 9.71 Å². The first-order chi connectivity index (χ1) is 14.5. The first kappa shape index (κ1) is 21.6. The maximum absolute atomic E-state index is 13.2. The molecule has 7 nitrogen and oxygen atoms in total. The average molecular weight is 447 g/mol. The van der Waals surface area contributed by atoms with Crippen molar-refractivity contribution in [3.05, 3.63) is 65.4 Å². The van der Waals surface area contributed by atoms with E-state index in [1.807, 2.05) is 18.2 Å². The molecule has 0 aliphatic heterocycles. The lowest BCUT2D eigenvalue weighted by atomic mass is 10.1. The number of esters is 1. The molecule has 1 aromatic heterocycles. The Bertz CT molecular complexity index is 1090. The lowest BCUT2D eigenvalue weighted by Crippen LogP contribution is -2.10. The Labute approximate surface area is 181 Å². The van der Waals surface area contributed by atoms with E-state index in [0.717, 1.165) is 11.1 Å². The van der Waals surface area contributed by atoms with E-state index >= 15 is 0 Å². The molecule has 0 fully saturated rings. The predicted molar refractivity (Wildman–Crippen MR) is 116 cm³/mol. The summed E-state index contributed by atoms with van der Waals surface area (Å²) in [6.45, 7) is 0. The Morgan fingerprint density at radius 1 is 1.07 bits per heavy atom. The standard InChI is InChI=1S/C21H19ClN2O5S/c1-27-18-7-6-13(14-5-4-8-23-12-14)10-17(18)24-30(26)19-11-15(21(25)29-3)9-16(22)20(19)28-2/h4-12,24H,1-3H3. The third kappa shape index (κ3) is 4.55. The van der Waals surface area contributed by atoms with Gasteiger partial charge in [-0.25, -0.2) is 9.00 Å². The van der Waals surface area contributed by atoms with Crippen molar-refractivity contribution >= 4 is 34.2 Å². The van der Waals surface area contributed by atoms with Crippen LogP contribution in [0.15, 0.2) is 59.8 Å². The zero-order chi connectivity index (χ0) is 21.7. The molecule has 0 amide bonds. The second-order valence-corrected chi connectivity index (χ2v) is 7.60. The number of nitrogens with one attached hydrogen (secondary N) is 1. The van der Waals surface area contributed by atoms with E-state index in [1.165, 1.54) is 33.5 Å². The summed E-state index contributed by atoms with van der Waals surface area (Å²) in [6, 6.07) is 12.0. The smallest absolute Gasteiger partial charge is 0.337 e. The van der Waals surface area contributed by atoms with Crippen molar-refractivity contribution in [1.29, 1.82) is 0 Å². The van der Waals surface area contributed by atoms with Gasteiger partial charge in [0.2, 0.25) is 0 Å². The molecule has 1 unspecified atom stereocenters. The van der Waals surface area contributed by atoms with Crippen molar-refractivity contribution in [2.45, 2.75) is 4.90 Å². The summed E-state index contributed by atoms with van der Waals surface area (Å²) in [4.78, 5) is 16.2. The fraction of sp³-hybridized carbons (Fsp3) is 0.143. The van der Waals surface area contributed by atoms with Crippen LogP contribution in [0.2, 0.25) is 5.02 Å². The Kier molecular flexibility index (Phi) is 6.91. The number of aromatic nitrogens is 1. The Balaban J connectivity index is 2.01. The number of hydrogen-bond acceptors (Lipinski definition) is 6. The van der Waals surface area contributed by atoms with Gasteiger partial charge in [-0.15, -0.1) is 0 Å². The minimum absolute atomic E-state index is 0.140. The molecule has 0 saturated heterocycles. The summed E-state index contributed by atoms with van der Waals surface area (Å²) in [5.74, 6) is 0.0802. The summed E-state index contributed by atoms with van der Waals surface area (Å²) >= 11 is 6.22. The molecule has 0 saturated carbocycles. The molecule has 3 aromatic rings. The Morgan fingerprint density at radius 2 is 1.87 bits per heavy atom. The molecular weight excluding hydrogens is 428 g/mol. The SMILES string of the molecule is COC(=O)c1cc(Cl)c(OC)c(S(=O)Nc2cc(-c3cccnc3)ccc2OC)c1. The first-order valence-corrected chi connectivity index (χ1v) is 10.2. The molecule has 1 N–H and O–H groups in total. The van der Waals surface area contributed by atoms with Gasteiger partial charge in [0, 0.05) is 18.0 Å². The average Bonchev–Trinajstić information content (AvgIpc) is 2.78. The summed E-state index contributed by atoms with van der Waals surface area (Å²) in [5, 5.41) is 0.140. The highest BCUT2D eigenvalue weighted by molar-refractivity contribution is 7.86. The molecule has 156 valence electrons. The maximum Gasteiger partial charge on any atom is 0.337 e. The van der Waals surface area contributed by atoms with Crippen LogP contribution in [0.5, 0.6) is 11.5 Å². The first-order valence-electron chi connectivity index (χ1n) is 8.71. The number of nitrogens with zero attached hydrogens (tertiary/aromatic N) is 1. The molecule has 1 heterocycles. The Morgan fingerprint density at radius 3 is 2.50 bits per heavy atom. The van der Waals surface area contributed by atoms with Gasteiger partial charge < -0.3 is 14.2 Å². The van der Waals surface area contributed by atoms with Gasteiger partial charge in [0.15, 0.2) is 16.7 Å². The van der Waals surface area contributed by atoms with Gasteiger partial charge in [-0.1, -0.05) is 23.7 Å². The number of carbonyl (C=O) groups excluding carboxylic acids is 1. The number of carbonyl (C=O) groups is 1. The quantitative estimate of drug-likeness (QED) is 0.543. The Hall–Kier alpha value is -3.10. The van der Waals surface area contributed by atoms with Crippen LogP contribution >= 0.6 is 11.6 Å². The summed E-state index contributed by atoms with van der Waals surface area (Å²) in [6.07, 6.45) is 3.41. The van der Waals surface area contributed by atoms with E-state index in [0.29, 0.717) is 11.4 Å². The van der Waals surface area contributed by atoms with Crippen LogP contribution in [0.4, 0.5) is 5.69 Å². The van der Waals surface area contributed by atoms with Crippen LogP contribution in [0.1, 0.15) is 10.4 Å². The van der Waals surface area contributed by atoms with Crippen LogP contribution in [-0.2, 0) is 15.7 Å². The minimum Gasteiger partial charge on any atom is -0.495 e. The molecule has 1 atom stereocenters. The molecule has 30 heavy (non-hydrogen) atoms. The van der Waals surface area contributed by atoms with Gasteiger partial charge in [-0.05, 0) is 35.9 Å². The highest BCUT2D eigenvalue weighted by Gasteiger charge is 2.20. The molecule has 0 spiro atoms. The van der Waals surface area contributed by atoms with Crippen LogP contribution in [-0.4, -0.2) is 36.5 Å². The summed E-state index contributed by atoms with van der Waals surface area (Å²) < 4.78 is 31.5. The van der Waals surface area contributed by atoms with E-state index in [2.05, 4.69) is 9.71 Å². The number of benzene rings is 2. The second kappa shape index (κ2) is 9.60. The number of ether oxygens (including phenoxy) is 3. The molecule has 0 radical (unpaired) electrons. The highest BCUT2D eigenvalue weighted by Crippen LogP contribution is 2.35. The van der Waals surface area contributed by atoms with Crippen LogP contribution < -0.4 is 14.2 Å². The third-order valence-electron chi connectivity index (χ3n) is 4.23. The number of hydrogen-bond donors (Lipinski definition) is 1. The van der Waals surface area contributed by atoms with Crippen LogP contribution in [0.3, 0.4) is 0 Å². The number of rotatable bonds is 7. The third-order valence-corrected chi connectivity index (χ3v) is 5.62. The van der Waals surface area contributed by atoms with Crippen molar-refractivity contribution in [2.24, 2.45) is 0 Å². The van der Waals surface area contributed by atoms with Crippen LogP contribution in [0, 0.1) is 0 Å². The normalized spacial score (nSPS) is 11.5. The number of pyridine rings is 1. The van der Waals surface area contributed by atoms with Gasteiger partial charge in [-0.2, -0.15) is 0 Å². The molecule has 0 aliphatic rings. The monoisotopic (exact) mass is 446 g/mol. The molecular formula is C21H19ClN2O5S. The van der Waals surface area contributed by atoms with Crippen molar-refractivity contribution in [3.63, 3.8) is 0 Å². The number of anilines is 1. The maximum atomic E-state index is 13.2. The fourth-order valence-corrected chi connectivity index (χ4v) is 4.21. The molecule has 3 rings (SSSR count). The largest absolute Gasteiger partial charge is 0.495 e. The zero-order valence-electron chi connectivity index (χ0n) is 16.5. The van der Waals surface area contributed by atoms with E-state index in [9.17, 15) is 9.00 Å². The highest BCUT2D eigenvalue weighted by atomic mass is 35.5.